The van der Waals surface area contributed by atoms with E-state index in [-0.39, 0.29) is 119 Å². The van der Waals surface area contributed by atoms with Crippen LogP contribution in [0.2, 0.25) is 5.02 Å². The standard InChI is InChI=1S/C104H137ClN16O23S/c1-59(2)47-74(92(128)109-42-24-45-121-88(127)55-82(100(121)136)145-46-40-86(125)118(8)62(5)101(137)143-84-56-87(126)119(9)79-52-67(53-80(140-11)89(79)105)48-60(3)25-23-33-83(141-12)104(139)57-81(142-102(138)117-104)61(4)91-103(84,7)144-91)112-94(130)73(49-64-26-15-13-16-27-64)107-43-44-108-85(124)39-38-78-97(133)114-75(50-66-34-36-69(123)37-35-66)95(131)113-76(54-68-58-110-71-31-20-19-30-70(68)71)96(132)111-72(32-21-22-41-106)93(129)116-90(63(6)122)98(134)115-77(99(135)120(78)10)51-65-28-17-14-18-29-65/h13-20,23,25-31,33-37,52-53,58-59,61-63,72-78,81-84,90-91,107,110,122-123,139H,21-22,24,32,38-51,54-57,106H2,1-12H3,(H,108,124)(H,109,128)(H,111,132)(H,112,130)(H,113,131)(H,114,133)(H,115,134)(H,116,129)(H,117,138)/b33-23+,60-25+/t61-,62+,63-,72+,73+,74+,75+,76-,77+,78+,81+,82?,83-,84+,90+,91+,103+,104+/m1/s1. The number of nitrogens with one attached hydrogen (secondary N) is 11. The maximum Gasteiger partial charge on any atom is 0.409 e. The summed E-state index contributed by atoms with van der Waals surface area (Å²) in [4.78, 5) is 225. The third-order valence-corrected chi connectivity index (χ3v) is 28.6. The summed E-state index contributed by atoms with van der Waals surface area (Å²) in [6.07, 6.45) is -0.682. The van der Waals surface area contributed by atoms with Crippen LogP contribution in [0.5, 0.6) is 11.5 Å². The summed E-state index contributed by atoms with van der Waals surface area (Å²) >= 11 is 7.99. The Balaban J connectivity index is 0.708. The first-order valence-electron chi connectivity index (χ1n) is 49.1. The van der Waals surface area contributed by atoms with Crippen LogP contribution in [0.1, 0.15) is 147 Å². The second kappa shape index (κ2) is 52.3. The van der Waals surface area contributed by atoms with Crippen LogP contribution in [0, 0.1) is 11.8 Å². The van der Waals surface area contributed by atoms with Gasteiger partial charge in [0.15, 0.2) is 5.72 Å². The van der Waals surface area contributed by atoms with E-state index in [1.54, 1.807) is 98.9 Å². The number of esters is 1. The molecule has 0 spiro atoms. The summed E-state index contributed by atoms with van der Waals surface area (Å²) in [7, 11) is 7.05. The highest BCUT2D eigenvalue weighted by molar-refractivity contribution is 8.00. The number of thioether (sulfide) groups is 1. The first kappa shape index (κ1) is 113. The number of methoxy groups -OCH3 is 2. The number of anilines is 1. The summed E-state index contributed by atoms with van der Waals surface area (Å²) in [5, 5.41) is 61.7. The smallest absolute Gasteiger partial charge is 0.409 e. The van der Waals surface area contributed by atoms with E-state index in [9.17, 15) is 72.9 Å². The Morgan fingerprint density at radius 1 is 0.710 bits per heavy atom. The van der Waals surface area contributed by atoms with Crippen LogP contribution in [0.25, 0.3) is 10.9 Å². The number of nitrogens with two attached hydrogens (primary N) is 1. The molecule has 6 heterocycles. The number of rotatable bonds is 38. The van der Waals surface area contributed by atoms with Crippen LogP contribution in [0.4, 0.5) is 10.5 Å². The second-order valence-corrected chi connectivity index (χ2v) is 40.1. The number of carbonyl (C=O) groups excluding carboxylic acids is 15. The number of hydrogen-bond donors (Lipinski definition) is 15. The largest absolute Gasteiger partial charge is 0.508 e. The highest BCUT2D eigenvalue weighted by atomic mass is 35.5. The fraction of sp³-hybridized carbons (Fsp3) is 0.510. The molecule has 1 unspecified atom stereocenters. The number of aromatic amines is 1. The van der Waals surface area contributed by atoms with Crippen molar-refractivity contribution in [2.75, 3.05) is 78.7 Å². The fourth-order valence-corrected chi connectivity index (χ4v) is 19.8. The fourth-order valence-electron chi connectivity index (χ4n) is 18.4. The number of likely N-dealkylation sites (tertiary alicyclic amines) is 1. The Labute approximate surface area is 852 Å². The number of benzene rings is 5. The van der Waals surface area contributed by atoms with E-state index in [0.29, 0.717) is 58.3 Å². The van der Waals surface area contributed by atoms with E-state index in [0.717, 1.165) is 38.3 Å². The molecule has 4 fully saturated rings. The average Bonchev–Trinajstić information content (AvgIpc) is 1.57. The maximum absolute atomic E-state index is 15.5. The van der Waals surface area contributed by atoms with Gasteiger partial charge < -0.3 is 112 Å². The van der Waals surface area contributed by atoms with Gasteiger partial charge in [-0.05, 0) is 150 Å². The third kappa shape index (κ3) is 30.4. The summed E-state index contributed by atoms with van der Waals surface area (Å²) in [6.45, 7) is 11.7. The molecule has 4 saturated heterocycles. The lowest BCUT2D eigenvalue weighted by Crippen LogP contribution is -2.63. The van der Waals surface area contributed by atoms with E-state index < -0.39 is 216 Å². The van der Waals surface area contributed by atoms with Crippen LogP contribution in [0.15, 0.2) is 151 Å². The minimum atomic E-state index is -1.94. The lowest BCUT2D eigenvalue weighted by Gasteiger charge is -2.42. The number of ether oxygens (including phenoxy) is 5. The molecule has 0 saturated carbocycles. The zero-order valence-corrected chi connectivity index (χ0v) is 85.5. The van der Waals surface area contributed by atoms with Crippen LogP contribution >= 0.6 is 23.4 Å². The molecule has 11 rings (SSSR count). The highest BCUT2D eigenvalue weighted by Crippen LogP contribution is 2.50. The van der Waals surface area contributed by atoms with Crippen molar-refractivity contribution in [3.63, 3.8) is 0 Å². The van der Waals surface area contributed by atoms with E-state index in [1.807, 2.05) is 57.2 Å². The zero-order valence-electron chi connectivity index (χ0n) is 83.9. The number of epoxide rings is 1. The molecule has 18 atom stereocenters. The number of phenols is 1. The zero-order chi connectivity index (χ0) is 105. The summed E-state index contributed by atoms with van der Waals surface area (Å²) in [5.41, 5.74) is 7.47. The van der Waals surface area contributed by atoms with Gasteiger partial charge in [0.25, 0.3) is 0 Å². The van der Waals surface area contributed by atoms with Crippen LogP contribution in [-0.4, -0.2) is 299 Å². The van der Waals surface area contributed by atoms with E-state index >= 15 is 14.4 Å². The van der Waals surface area contributed by atoms with Gasteiger partial charge in [0.1, 0.15) is 88.8 Å². The van der Waals surface area contributed by atoms with Crippen molar-refractivity contribution in [3.8, 4) is 11.5 Å². The molecule has 5 aromatic carbocycles. The van der Waals surface area contributed by atoms with Crippen molar-refractivity contribution in [1.29, 1.82) is 0 Å². The predicted molar refractivity (Wildman–Crippen MR) is 541 cm³/mol. The number of carbonyl (C=O) groups is 15. The Kier molecular flexibility index (Phi) is 40.6. The van der Waals surface area contributed by atoms with Crippen LogP contribution in [0.3, 0.4) is 0 Å². The van der Waals surface area contributed by atoms with E-state index in [1.165, 1.54) is 83.3 Å². The average molecular weight is 2050 g/mol. The van der Waals surface area contributed by atoms with Gasteiger partial charge in [-0.15, -0.1) is 11.8 Å². The quantitative estimate of drug-likeness (QED) is 0.0109. The predicted octanol–water partition coefficient (Wildman–Crippen LogP) is 4.59. The molecule has 0 aliphatic carbocycles. The first-order chi connectivity index (χ1) is 69.1. The number of fused-ring (bicyclic) bond motifs is 6. The molecular formula is C104H137ClN16O23S. The number of aromatic nitrogens is 1. The number of para-hydroxylation sites is 1. The van der Waals surface area contributed by atoms with Crippen molar-refractivity contribution in [2.24, 2.45) is 17.6 Å². The molecular weight excluding hydrogens is 1910 g/mol. The number of allylic oxidation sites excluding steroid dienone is 3. The minimum Gasteiger partial charge on any atom is -0.508 e. The number of halogens is 1. The van der Waals surface area contributed by atoms with Crippen molar-refractivity contribution < 1.29 is 111 Å². The minimum absolute atomic E-state index is 0.00249. The monoisotopic (exact) mass is 2040 g/mol. The van der Waals surface area contributed by atoms with Gasteiger partial charge in [0, 0.05) is 128 Å². The topological polar surface area (TPSA) is 541 Å². The highest BCUT2D eigenvalue weighted by Gasteiger charge is 2.65. The first-order valence-corrected chi connectivity index (χ1v) is 50.5. The van der Waals surface area contributed by atoms with Crippen molar-refractivity contribution in [2.45, 2.75) is 253 Å². The molecule has 41 heteroatoms. The Bertz CT molecular complexity index is 5660. The number of aromatic hydroxyl groups is 1. The van der Waals surface area contributed by atoms with Gasteiger partial charge in [0.05, 0.1) is 42.7 Å². The number of hydrogen-bond acceptors (Lipinski definition) is 26. The van der Waals surface area contributed by atoms with Crippen molar-refractivity contribution in [3.05, 3.63) is 184 Å². The number of unbranched alkanes of at least 4 members (excludes halogenated alkanes) is 1. The van der Waals surface area contributed by atoms with Gasteiger partial charge in [0.2, 0.25) is 76.8 Å². The number of amides is 14. The number of nitrogens with zero attached hydrogens (tertiary/aromatic N) is 4. The molecule has 1 aromatic heterocycles. The van der Waals surface area contributed by atoms with Crippen LogP contribution in [-0.2, 0) is 118 Å². The Hall–Kier alpha value is -12.8. The molecule has 784 valence electrons. The van der Waals surface area contributed by atoms with Gasteiger partial charge in [-0.25, -0.2) is 9.59 Å². The number of phenolic OH excluding ortho intramolecular Hbond substituents is 1. The normalized spacial score (nSPS) is 25.1. The summed E-state index contributed by atoms with van der Waals surface area (Å²) < 4.78 is 29.7. The van der Waals surface area contributed by atoms with Gasteiger partial charge in [-0.1, -0.05) is 147 Å². The molecule has 0 radical (unpaired) electrons. The number of imide groups is 1. The molecule has 145 heavy (non-hydrogen) atoms. The number of H-pyrrole nitrogens is 1. The Morgan fingerprint density at radius 2 is 1.36 bits per heavy atom. The molecule has 5 aliphatic rings. The molecule has 6 aromatic rings. The lowest BCUT2D eigenvalue weighted by molar-refractivity contribution is -0.162. The summed E-state index contributed by atoms with van der Waals surface area (Å²) in [5.74, 6) is -10.6. The van der Waals surface area contributed by atoms with Gasteiger partial charge in [-0.3, -0.25) is 72.5 Å². The van der Waals surface area contributed by atoms with Crippen molar-refractivity contribution in [1.82, 2.24) is 72.9 Å². The van der Waals surface area contributed by atoms with E-state index in [4.69, 9.17) is 41.0 Å². The molecule has 4 bridgehead atoms. The lowest BCUT2D eigenvalue weighted by atomic mass is 9.83. The SMILES string of the molecule is COc1cc2cc(c1Cl)N(C)C(=O)C[C@H](OC(=O)[C@H](C)N(C)C(=O)CCSC1CC(=O)N(CCCNC(=O)[C@H](CC(C)C)NC(=O)[C@H](Cc3ccccc3)NCCNC(=O)CC[C@H]3C(=O)N[C@@H](Cc4ccc(O)cc4)C(=O)N[C@H](Cc4c[nH]c5ccccc45)C(=O)N[C@@H](CCCCN)C(=O)N[C@@H]([C@@H](C)O)C(=O)N[C@@H](Cc4ccccc4)C(=O)N3C)C1=O)[C@]1(C)O[C@H]1[C@H](C)[C@@H]1C[C@@](O)(NC(=O)O1)[C@H](OC)/C=C/C=C(\C)C2. The Morgan fingerprint density at radius 3 is 2.04 bits per heavy atom. The van der Waals surface area contributed by atoms with Crippen molar-refractivity contribution >= 4 is 129 Å². The van der Waals surface area contributed by atoms with Crippen LogP contribution < -0.4 is 68.5 Å². The van der Waals surface area contributed by atoms with E-state index in [2.05, 4.69) is 58.2 Å². The molecule has 5 aliphatic heterocycles. The maximum atomic E-state index is 15.5. The molecule has 14 amide bonds. The second-order valence-electron chi connectivity index (χ2n) is 38.4. The number of alkyl carbamates (subject to hydrolysis) is 1. The number of likely N-dealkylation sites (N-methyl/N-ethyl adjacent to an activating group) is 2. The third-order valence-electron chi connectivity index (χ3n) is 27.0. The molecule has 16 N–H and O–H groups in total. The van der Waals surface area contributed by atoms with Gasteiger partial charge >= 0.3 is 12.1 Å². The van der Waals surface area contributed by atoms with Gasteiger partial charge in [-0.2, -0.15) is 0 Å². The molecule has 39 nitrogen and oxygen atoms in total. The summed E-state index contributed by atoms with van der Waals surface area (Å²) in [6, 6.07) is 21.6. The number of aliphatic hydroxyl groups excluding tert-OH is 1. The number of aliphatic hydroxyl groups is 2.